The molecule has 0 aromatic rings. The molecule has 7 rings (SSSR count). The highest BCUT2D eigenvalue weighted by Gasteiger charge is 2.82. The molecule has 2 saturated heterocycles. The first-order valence-electron chi connectivity index (χ1n) is 10.9. The Bertz CT molecular complexity index is 973. The summed E-state index contributed by atoms with van der Waals surface area (Å²) in [6, 6.07) is 0. The van der Waals surface area contributed by atoms with Crippen molar-refractivity contribution in [1.82, 2.24) is 0 Å². The van der Waals surface area contributed by atoms with Crippen LogP contribution in [0.5, 0.6) is 0 Å². The summed E-state index contributed by atoms with van der Waals surface area (Å²) in [6.45, 7) is 6.15. The fraction of sp³-hybridized carbons (Fsp3) is 0.652. The minimum Gasteiger partial charge on any atom is -0.419 e. The highest BCUT2D eigenvalue weighted by atomic mass is 16.7. The van der Waals surface area contributed by atoms with Crippen LogP contribution in [-0.4, -0.2) is 35.5 Å². The van der Waals surface area contributed by atoms with Crippen LogP contribution >= 0.6 is 0 Å². The van der Waals surface area contributed by atoms with E-state index in [1.54, 1.807) is 0 Å². The molecule has 2 aliphatic heterocycles. The molecule has 8 atom stereocenters. The lowest BCUT2D eigenvalue weighted by Gasteiger charge is -2.47. The molecule has 8 heteroatoms. The summed E-state index contributed by atoms with van der Waals surface area (Å²) < 4.78 is 21.5. The number of fused-ring (bicyclic) bond motifs is 2. The maximum absolute atomic E-state index is 12.8. The Balaban J connectivity index is 1.38. The van der Waals surface area contributed by atoms with E-state index in [9.17, 15) is 19.2 Å². The zero-order valence-electron chi connectivity index (χ0n) is 17.6. The van der Waals surface area contributed by atoms with Crippen LogP contribution in [0.3, 0.4) is 0 Å². The summed E-state index contributed by atoms with van der Waals surface area (Å²) in [7, 11) is 0. The smallest absolute Gasteiger partial charge is 0.348 e. The number of carbonyl (C=O) groups is 4. The van der Waals surface area contributed by atoms with E-state index >= 15 is 0 Å². The van der Waals surface area contributed by atoms with Crippen molar-refractivity contribution in [2.24, 2.45) is 47.3 Å². The Hall–Kier alpha value is -2.64. The topological polar surface area (TPSA) is 105 Å². The number of carbonyl (C=O) groups excluding carboxylic acids is 4. The van der Waals surface area contributed by atoms with E-state index in [4.69, 9.17) is 18.9 Å². The molecule has 7 fully saturated rings. The molecule has 162 valence electrons. The van der Waals surface area contributed by atoms with Gasteiger partial charge in [-0.25, -0.2) is 19.2 Å². The lowest BCUT2D eigenvalue weighted by molar-refractivity contribution is -0.225. The Morgan fingerprint density at radius 2 is 0.903 bits per heavy atom. The quantitative estimate of drug-likeness (QED) is 0.327. The molecule has 0 aromatic heterocycles. The number of rotatable bonds is 0. The molecule has 0 spiro atoms. The largest absolute Gasteiger partial charge is 0.419 e. The minimum atomic E-state index is -1.28. The van der Waals surface area contributed by atoms with Gasteiger partial charge in [0.05, 0.1) is 0 Å². The van der Waals surface area contributed by atoms with Crippen molar-refractivity contribution >= 4 is 23.9 Å². The molecule has 7 aliphatic rings. The van der Waals surface area contributed by atoms with Gasteiger partial charge in [-0.1, -0.05) is 0 Å². The number of esters is 4. The van der Waals surface area contributed by atoms with Gasteiger partial charge in [0, 0.05) is 27.7 Å². The van der Waals surface area contributed by atoms with Crippen molar-refractivity contribution in [2.45, 2.75) is 45.7 Å². The van der Waals surface area contributed by atoms with Crippen LogP contribution in [0.1, 0.15) is 34.1 Å². The fourth-order valence-corrected chi connectivity index (χ4v) is 8.39. The predicted molar refractivity (Wildman–Crippen MR) is 99.1 cm³/mol. The van der Waals surface area contributed by atoms with Gasteiger partial charge in [0.25, 0.3) is 11.6 Å². The lowest BCUT2D eigenvalue weighted by atomic mass is 9.56. The van der Waals surface area contributed by atoms with Crippen molar-refractivity contribution in [3.63, 3.8) is 0 Å². The molecule has 5 saturated carbocycles. The number of hydrogen-bond acceptors (Lipinski definition) is 8. The Morgan fingerprint density at radius 1 is 0.581 bits per heavy atom. The maximum atomic E-state index is 12.8. The third-order valence-electron chi connectivity index (χ3n) is 8.69. The van der Waals surface area contributed by atoms with Gasteiger partial charge < -0.3 is 18.9 Å². The lowest BCUT2D eigenvalue weighted by Crippen LogP contribution is -2.48. The van der Waals surface area contributed by atoms with Gasteiger partial charge >= 0.3 is 23.9 Å². The predicted octanol–water partition coefficient (Wildman–Crippen LogP) is 1.64. The summed E-state index contributed by atoms with van der Waals surface area (Å²) in [6.07, 6.45) is 0.996. The van der Waals surface area contributed by atoms with Crippen LogP contribution in [0.15, 0.2) is 22.3 Å². The average Bonchev–Trinajstić information content (AvgIpc) is 3.11. The van der Waals surface area contributed by atoms with Gasteiger partial charge in [-0.15, -0.1) is 0 Å². The van der Waals surface area contributed by atoms with Gasteiger partial charge in [0.1, 0.15) is 11.1 Å². The molecule has 5 aliphatic carbocycles. The molecule has 0 radical (unpaired) electrons. The molecule has 0 amide bonds. The van der Waals surface area contributed by atoms with Crippen LogP contribution in [0.2, 0.25) is 0 Å². The number of hydrogen-bond donors (Lipinski definition) is 0. The Morgan fingerprint density at radius 3 is 1.23 bits per heavy atom. The first-order valence-corrected chi connectivity index (χ1v) is 10.9. The zero-order chi connectivity index (χ0) is 21.8. The zero-order valence-corrected chi connectivity index (χ0v) is 17.6. The molecular formula is C23H22O8. The highest BCUT2D eigenvalue weighted by Crippen LogP contribution is 2.86. The van der Waals surface area contributed by atoms with E-state index in [1.165, 1.54) is 27.7 Å². The van der Waals surface area contributed by atoms with Crippen molar-refractivity contribution in [2.75, 3.05) is 0 Å². The fourth-order valence-electron chi connectivity index (χ4n) is 8.39. The summed E-state index contributed by atoms with van der Waals surface area (Å²) >= 11 is 0. The Labute approximate surface area is 177 Å². The average molecular weight is 426 g/mol. The van der Waals surface area contributed by atoms with Crippen LogP contribution < -0.4 is 0 Å². The van der Waals surface area contributed by atoms with Crippen LogP contribution in [0, 0.1) is 47.3 Å². The molecule has 31 heavy (non-hydrogen) atoms. The first-order chi connectivity index (χ1) is 14.5. The number of allylic oxidation sites excluding steroid dienone is 2. The number of ether oxygens (including phenoxy) is 4. The summed E-state index contributed by atoms with van der Waals surface area (Å²) in [4.78, 5) is 51.3. The third-order valence-corrected chi connectivity index (χ3v) is 8.69. The molecule has 2 heterocycles. The summed E-state index contributed by atoms with van der Waals surface area (Å²) in [5.41, 5.74) is 1.76. The van der Waals surface area contributed by atoms with Gasteiger partial charge in [-0.3, -0.25) is 0 Å². The van der Waals surface area contributed by atoms with E-state index in [-0.39, 0.29) is 34.8 Å². The van der Waals surface area contributed by atoms with E-state index in [0.717, 1.165) is 17.6 Å². The molecule has 0 aromatic carbocycles. The maximum Gasteiger partial charge on any atom is 0.348 e. The van der Waals surface area contributed by atoms with Crippen molar-refractivity contribution in [3.8, 4) is 0 Å². The third kappa shape index (κ3) is 1.86. The second kappa shape index (κ2) is 4.89. The summed E-state index contributed by atoms with van der Waals surface area (Å²) in [5.74, 6) is -3.71. The van der Waals surface area contributed by atoms with Crippen molar-refractivity contribution in [1.29, 1.82) is 0 Å². The standard InChI is InChI=1S/C23H22O8/c1-22(2)28-18(24)16(19(25)29-22)14-10-6-5-7-9-8(6)12(14)13(9)15(11(7)10)17-20(26)30-23(3,4)31-21(17)27/h6-13H,5H2,1-4H3/t6-,7-,8-,9+,10-,11-,12+,13-/m0/s1. The van der Waals surface area contributed by atoms with Gasteiger partial charge in [0.15, 0.2) is 0 Å². The van der Waals surface area contributed by atoms with E-state index in [1.807, 2.05) is 0 Å². The van der Waals surface area contributed by atoms with Crippen LogP contribution in [-0.2, 0) is 38.1 Å². The minimum absolute atomic E-state index is 0.0295. The molecule has 0 unspecified atom stereocenters. The van der Waals surface area contributed by atoms with E-state index in [2.05, 4.69) is 0 Å². The van der Waals surface area contributed by atoms with Crippen molar-refractivity contribution < 1.29 is 38.1 Å². The van der Waals surface area contributed by atoms with Crippen LogP contribution in [0.4, 0.5) is 0 Å². The molecule has 8 nitrogen and oxygen atoms in total. The molecule has 0 N–H and O–H groups in total. The van der Waals surface area contributed by atoms with Gasteiger partial charge in [-0.05, 0) is 64.9 Å². The number of cyclic esters (lactones) is 4. The highest BCUT2D eigenvalue weighted by molar-refractivity contribution is 6.17. The normalized spacial score (nSPS) is 46.8. The van der Waals surface area contributed by atoms with Crippen molar-refractivity contribution in [3.05, 3.63) is 22.3 Å². The van der Waals surface area contributed by atoms with Gasteiger partial charge in [0.2, 0.25) is 0 Å². The van der Waals surface area contributed by atoms with E-state index in [0.29, 0.717) is 23.7 Å². The molecule has 2 bridgehead atoms. The monoisotopic (exact) mass is 426 g/mol. The SMILES string of the molecule is CC1(C)OC(=O)C(=C2[C@@H]3[C@@H]4C(=C5C(=O)OC(C)(C)OC5=O)[C@H]5[C@H]6C[C@H]([C@H]25)[C@@H]3[C@H]64)C(=O)O1. The van der Waals surface area contributed by atoms with Crippen LogP contribution in [0.25, 0.3) is 0 Å². The Kier molecular flexibility index (Phi) is 2.84. The van der Waals surface area contributed by atoms with E-state index < -0.39 is 35.5 Å². The van der Waals surface area contributed by atoms with Gasteiger partial charge in [-0.2, -0.15) is 0 Å². The summed E-state index contributed by atoms with van der Waals surface area (Å²) in [5, 5.41) is 0. The molecular weight excluding hydrogens is 404 g/mol. The second-order valence-corrected chi connectivity index (χ2v) is 10.8. The second-order valence-electron chi connectivity index (χ2n) is 10.8. The first kappa shape index (κ1) is 18.0.